The summed E-state index contributed by atoms with van der Waals surface area (Å²) < 4.78 is 5.06. The van der Waals surface area contributed by atoms with Gasteiger partial charge in [-0.25, -0.2) is 4.79 Å². The van der Waals surface area contributed by atoms with Crippen molar-refractivity contribution < 1.29 is 24.0 Å². The number of nitrogens with zero attached hydrogens (tertiary/aromatic N) is 2. The lowest BCUT2D eigenvalue weighted by molar-refractivity contribution is -0.384. The van der Waals surface area contributed by atoms with E-state index in [4.69, 9.17) is 4.74 Å². The van der Waals surface area contributed by atoms with E-state index in [9.17, 15) is 24.5 Å². The molecule has 0 radical (unpaired) electrons. The predicted molar refractivity (Wildman–Crippen MR) is 109 cm³/mol. The number of nitro groups is 1. The molecule has 2 amide bonds. The zero-order chi connectivity index (χ0) is 21.7. The lowest BCUT2D eigenvalue weighted by Gasteiger charge is -2.16. The number of carbonyl (C=O) groups excluding carboxylic acids is 3. The van der Waals surface area contributed by atoms with Gasteiger partial charge in [-0.05, 0) is 42.8 Å². The van der Waals surface area contributed by atoms with Crippen LogP contribution in [0.15, 0.2) is 48.5 Å². The summed E-state index contributed by atoms with van der Waals surface area (Å²) in [5.41, 5.74) is 1.34. The minimum atomic E-state index is -0.554. The Labute approximate surface area is 172 Å². The average molecular weight is 411 g/mol. The molecule has 0 spiro atoms. The van der Waals surface area contributed by atoms with Gasteiger partial charge in [-0.1, -0.05) is 6.92 Å². The van der Waals surface area contributed by atoms with Gasteiger partial charge in [-0.2, -0.15) is 0 Å². The topological polar surface area (TPSA) is 119 Å². The number of nitrogens with one attached hydrogen (secondary N) is 1. The fourth-order valence-corrected chi connectivity index (χ4v) is 3.10. The molecule has 1 N–H and O–H groups in total. The highest BCUT2D eigenvalue weighted by Crippen LogP contribution is 2.27. The molecule has 1 saturated heterocycles. The van der Waals surface area contributed by atoms with E-state index >= 15 is 0 Å². The standard InChI is InChI=1S/C21H21N3O6/c1-2-11-30-21(27)14-3-5-16(6-4-14)22-20(26)15-12-19(25)23(13-15)17-7-9-18(10-8-17)24(28)29/h3-10,15H,2,11-13H2,1H3,(H,22,26)/t15-/m0/s1. The van der Waals surface area contributed by atoms with Crippen LogP contribution in [0.25, 0.3) is 0 Å². The third-order valence-electron chi connectivity index (χ3n) is 4.69. The third kappa shape index (κ3) is 4.80. The van der Waals surface area contributed by atoms with Crippen molar-refractivity contribution in [1.29, 1.82) is 0 Å². The first-order valence-electron chi connectivity index (χ1n) is 9.52. The summed E-state index contributed by atoms with van der Waals surface area (Å²) in [5, 5.41) is 13.5. The van der Waals surface area contributed by atoms with Gasteiger partial charge < -0.3 is 15.0 Å². The quantitative estimate of drug-likeness (QED) is 0.425. The number of nitro benzene ring substituents is 1. The normalized spacial score (nSPS) is 15.7. The number of hydrogen-bond acceptors (Lipinski definition) is 6. The lowest BCUT2D eigenvalue weighted by Crippen LogP contribution is -2.28. The molecule has 9 heteroatoms. The Bertz CT molecular complexity index is 956. The van der Waals surface area contributed by atoms with E-state index < -0.39 is 16.8 Å². The van der Waals surface area contributed by atoms with Crippen LogP contribution in [0.2, 0.25) is 0 Å². The molecule has 0 unspecified atom stereocenters. The minimum Gasteiger partial charge on any atom is -0.462 e. The van der Waals surface area contributed by atoms with E-state index in [0.29, 0.717) is 23.5 Å². The molecule has 0 bridgehead atoms. The van der Waals surface area contributed by atoms with Crippen molar-refractivity contribution in [3.05, 3.63) is 64.2 Å². The number of esters is 1. The number of carbonyl (C=O) groups is 3. The van der Waals surface area contributed by atoms with Gasteiger partial charge in [0, 0.05) is 36.5 Å². The Kier molecular flexibility index (Phi) is 6.41. The molecule has 1 fully saturated rings. The van der Waals surface area contributed by atoms with Gasteiger partial charge in [0.1, 0.15) is 0 Å². The Morgan fingerprint density at radius 2 is 1.83 bits per heavy atom. The van der Waals surface area contributed by atoms with Crippen molar-refractivity contribution in [3.8, 4) is 0 Å². The highest BCUT2D eigenvalue weighted by atomic mass is 16.6. The van der Waals surface area contributed by atoms with Gasteiger partial charge in [-0.3, -0.25) is 19.7 Å². The number of anilines is 2. The average Bonchev–Trinajstić information content (AvgIpc) is 3.14. The SMILES string of the molecule is CCCOC(=O)c1ccc(NC(=O)[C@H]2CC(=O)N(c3ccc([N+](=O)[O-])cc3)C2)cc1. The van der Waals surface area contributed by atoms with E-state index in [1.165, 1.54) is 29.2 Å². The van der Waals surface area contributed by atoms with Gasteiger partial charge >= 0.3 is 5.97 Å². The number of hydrogen-bond donors (Lipinski definition) is 1. The maximum atomic E-state index is 12.6. The number of benzene rings is 2. The van der Waals surface area contributed by atoms with E-state index in [1.807, 2.05) is 6.92 Å². The fraction of sp³-hybridized carbons (Fsp3) is 0.286. The summed E-state index contributed by atoms with van der Waals surface area (Å²) in [7, 11) is 0. The van der Waals surface area contributed by atoms with Crippen LogP contribution in [0.4, 0.5) is 17.1 Å². The molecular formula is C21H21N3O6. The zero-order valence-corrected chi connectivity index (χ0v) is 16.4. The first-order chi connectivity index (χ1) is 14.4. The van der Waals surface area contributed by atoms with Gasteiger partial charge in [0.2, 0.25) is 11.8 Å². The Morgan fingerprint density at radius 3 is 2.43 bits per heavy atom. The minimum absolute atomic E-state index is 0.0459. The third-order valence-corrected chi connectivity index (χ3v) is 4.69. The highest BCUT2D eigenvalue weighted by Gasteiger charge is 2.35. The molecule has 3 rings (SSSR count). The molecule has 1 aliphatic rings. The second-order valence-electron chi connectivity index (χ2n) is 6.88. The smallest absolute Gasteiger partial charge is 0.338 e. The van der Waals surface area contributed by atoms with Crippen molar-refractivity contribution in [2.24, 2.45) is 5.92 Å². The number of non-ortho nitro benzene ring substituents is 1. The molecule has 0 aromatic heterocycles. The molecule has 156 valence electrons. The molecule has 1 atom stereocenters. The van der Waals surface area contributed by atoms with Crippen molar-refractivity contribution in [2.45, 2.75) is 19.8 Å². The van der Waals surface area contributed by atoms with Crippen molar-refractivity contribution in [3.63, 3.8) is 0 Å². The molecular weight excluding hydrogens is 390 g/mol. The van der Waals surface area contributed by atoms with Crippen LogP contribution in [-0.4, -0.2) is 35.9 Å². The molecule has 2 aromatic carbocycles. The van der Waals surface area contributed by atoms with E-state index in [-0.39, 0.29) is 30.5 Å². The molecule has 9 nitrogen and oxygen atoms in total. The van der Waals surface area contributed by atoms with Crippen molar-refractivity contribution in [1.82, 2.24) is 0 Å². The summed E-state index contributed by atoms with van der Waals surface area (Å²) in [6.07, 6.45) is 0.779. The van der Waals surface area contributed by atoms with Gasteiger partial charge in [0.25, 0.3) is 5.69 Å². The van der Waals surface area contributed by atoms with Crippen molar-refractivity contribution >= 4 is 34.8 Å². The summed E-state index contributed by atoms with van der Waals surface area (Å²) in [4.78, 5) is 48.4. The van der Waals surface area contributed by atoms with Gasteiger partial charge in [-0.15, -0.1) is 0 Å². The molecule has 1 heterocycles. The summed E-state index contributed by atoms with van der Waals surface area (Å²) in [5.74, 6) is -1.51. The predicted octanol–water partition coefficient (Wildman–Crippen LogP) is 3.15. The largest absolute Gasteiger partial charge is 0.462 e. The van der Waals surface area contributed by atoms with E-state index in [2.05, 4.69) is 5.32 Å². The van der Waals surface area contributed by atoms with Crippen LogP contribution in [0.3, 0.4) is 0 Å². The van der Waals surface area contributed by atoms with Crippen LogP contribution < -0.4 is 10.2 Å². The van der Waals surface area contributed by atoms with Crippen LogP contribution in [0.1, 0.15) is 30.1 Å². The van der Waals surface area contributed by atoms with Crippen LogP contribution >= 0.6 is 0 Å². The number of ether oxygens (including phenoxy) is 1. The van der Waals surface area contributed by atoms with Crippen molar-refractivity contribution in [2.75, 3.05) is 23.4 Å². The zero-order valence-electron chi connectivity index (χ0n) is 16.4. The summed E-state index contributed by atoms with van der Waals surface area (Å²) in [6.45, 7) is 2.44. The maximum absolute atomic E-state index is 12.6. The van der Waals surface area contributed by atoms with E-state index in [1.54, 1.807) is 24.3 Å². The monoisotopic (exact) mass is 411 g/mol. The van der Waals surface area contributed by atoms with Gasteiger partial charge in [0.15, 0.2) is 0 Å². The van der Waals surface area contributed by atoms with Crippen LogP contribution in [-0.2, 0) is 14.3 Å². The second kappa shape index (κ2) is 9.17. The molecule has 2 aromatic rings. The highest BCUT2D eigenvalue weighted by molar-refractivity contribution is 6.03. The molecule has 1 aliphatic heterocycles. The fourth-order valence-electron chi connectivity index (χ4n) is 3.10. The summed E-state index contributed by atoms with van der Waals surface area (Å²) in [6, 6.07) is 12.0. The maximum Gasteiger partial charge on any atom is 0.338 e. The molecule has 30 heavy (non-hydrogen) atoms. The van der Waals surface area contributed by atoms with Crippen LogP contribution in [0, 0.1) is 16.0 Å². The Morgan fingerprint density at radius 1 is 1.17 bits per heavy atom. The van der Waals surface area contributed by atoms with Gasteiger partial charge in [0.05, 0.1) is 23.0 Å². The first-order valence-corrected chi connectivity index (χ1v) is 9.52. The van der Waals surface area contributed by atoms with Crippen LogP contribution in [0.5, 0.6) is 0 Å². The Hall–Kier alpha value is -3.75. The second-order valence-corrected chi connectivity index (χ2v) is 6.88. The lowest BCUT2D eigenvalue weighted by atomic mass is 10.1. The van der Waals surface area contributed by atoms with E-state index in [0.717, 1.165) is 6.42 Å². The number of rotatable bonds is 7. The first kappa shape index (κ1) is 21.0. The molecule has 0 aliphatic carbocycles. The number of amides is 2. The Balaban J connectivity index is 1.60. The summed E-state index contributed by atoms with van der Waals surface area (Å²) >= 11 is 0. The molecule has 0 saturated carbocycles.